The number of rotatable bonds is 4. The molecule has 1 aromatic heterocycles. The molecular weight excluding hydrogens is 376 g/mol. The summed E-state index contributed by atoms with van der Waals surface area (Å²) in [5.74, 6) is 0.00666. The molecule has 1 N–H and O–H groups in total. The topological polar surface area (TPSA) is 84.4 Å². The lowest BCUT2D eigenvalue weighted by atomic mass is 9.95. The average molecular weight is 401 g/mol. The van der Waals surface area contributed by atoms with E-state index in [0.717, 1.165) is 34.1 Å². The molecule has 28 heavy (non-hydrogen) atoms. The van der Waals surface area contributed by atoms with Gasteiger partial charge in [-0.1, -0.05) is 23.5 Å². The summed E-state index contributed by atoms with van der Waals surface area (Å²) in [5.41, 5.74) is 1.70. The van der Waals surface area contributed by atoms with Crippen LogP contribution in [0.25, 0.3) is 10.6 Å². The minimum atomic E-state index is -0.280. The fraction of sp³-hybridized carbons (Fsp3) is 0.500. The first-order chi connectivity index (χ1) is 13.6. The highest BCUT2D eigenvalue weighted by Gasteiger charge is 2.32. The molecular formula is C20H24N4O3S. The van der Waals surface area contributed by atoms with E-state index in [4.69, 9.17) is 4.74 Å². The molecule has 0 saturated carbocycles. The third-order valence-corrected chi connectivity index (χ3v) is 6.17. The zero-order valence-electron chi connectivity index (χ0n) is 15.9. The van der Waals surface area contributed by atoms with Crippen LogP contribution in [0.2, 0.25) is 0 Å². The number of amides is 2. The van der Waals surface area contributed by atoms with Crippen LogP contribution in [0.3, 0.4) is 0 Å². The molecule has 8 heteroatoms. The molecule has 148 valence electrons. The second-order valence-corrected chi connectivity index (χ2v) is 8.48. The van der Waals surface area contributed by atoms with Crippen LogP contribution in [-0.4, -0.2) is 52.7 Å². The van der Waals surface area contributed by atoms with E-state index in [-0.39, 0.29) is 23.8 Å². The molecule has 1 aromatic carbocycles. The van der Waals surface area contributed by atoms with Crippen LogP contribution in [-0.2, 0) is 14.3 Å². The van der Waals surface area contributed by atoms with Gasteiger partial charge in [0.1, 0.15) is 16.1 Å². The summed E-state index contributed by atoms with van der Waals surface area (Å²) in [5, 5.41) is 13.0. The normalized spacial score (nSPS) is 20.3. The maximum Gasteiger partial charge on any atom is 0.251 e. The van der Waals surface area contributed by atoms with E-state index < -0.39 is 0 Å². The molecule has 0 spiro atoms. The number of carbonyl (C=O) groups excluding carboxylic acids is 2. The van der Waals surface area contributed by atoms with Gasteiger partial charge in [0.25, 0.3) is 5.91 Å². The molecule has 2 saturated heterocycles. The van der Waals surface area contributed by atoms with Crippen molar-refractivity contribution in [3.05, 3.63) is 29.3 Å². The Kier molecular flexibility index (Phi) is 5.68. The first kappa shape index (κ1) is 19.0. The molecule has 0 bridgehead atoms. The predicted octanol–water partition coefficient (Wildman–Crippen LogP) is 2.87. The summed E-state index contributed by atoms with van der Waals surface area (Å²) < 4.78 is 5.49. The minimum absolute atomic E-state index is 0.00908. The SMILES string of the molecule is Cc1nnc(-c2cccc(NC(=O)C3CCN(C(=O)C4CCCO4)CC3)c2)s1. The Morgan fingerprint density at radius 2 is 2.04 bits per heavy atom. The minimum Gasteiger partial charge on any atom is -0.368 e. The van der Waals surface area contributed by atoms with Crippen LogP contribution in [0.4, 0.5) is 5.69 Å². The van der Waals surface area contributed by atoms with Crippen LogP contribution in [0.15, 0.2) is 24.3 Å². The number of benzene rings is 1. The van der Waals surface area contributed by atoms with Crippen molar-refractivity contribution in [3.63, 3.8) is 0 Å². The number of carbonyl (C=O) groups is 2. The first-order valence-corrected chi connectivity index (χ1v) is 10.5. The van der Waals surface area contributed by atoms with Gasteiger partial charge in [-0.2, -0.15) is 0 Å². The Labute approximate surface area is 168 Å². The fourth-order valence-electron chi connectivity index (χ4n) is 3.73. The van der Waals surface area contributed by atoms with Crippen molar-refractivity contribution in [2.24, 2.45) is 5.92 Å². The van der Waals surface area contributed by atoms with Crippen molar-refractivity contribution in [1.29, 1.82) is 0 Å². The Morgan fingerprint density at radius 3 is 2.71 bits per heavy atom. The number of nitrogens with one attached hydrogen (secondary N) is 1. The monoisotopic (exact) mass is 400 g/mol. The third kappa shape index (κ3) is 4.23. The maximum atomic E-state index is 12.7. The van der Waals surface area contributed by atoms with Crippen molar-refractivity contribution < 1.29 is 14.3 Å². The van der Waals surface area contributed by atoms with Crippen molar-refractivity contribution in [2.45, 2.75) is 38.7 Å². The Bertz CT molecular complexity index is 855. The molecule has 2 aliphatic rings. The number of anilines is 1. The van der Waals surface area contributed by atoms with Crippen LogP contribution in [0.5, 0.6) is 0 Å². The number of likely N-dealkylation sites (tertiary alicyclic amines) is 1. The molecule has 7 nitrogen and oxygen atoms in total. The third-order valence-electron chi connectivity index (χ3n) is 5.29. The molecule has 2 fully saturated rings. The standard InChI is InChI=1S/C20H24N4O3S/c1-13-22-23-19(28-13)15-4-2-5-16(12-15)21-18(25)14-7-9-24(10-8-14)20(26)17-6-3-11-27-17/h2,4-5,12,14,17H,3,6-11H2,1H3,(H,21,25). The number of aryl methyl sites for hydroxylation is 1. The van der Waals surface area contributed by atoms with Crippen LogP contribution < -0.4 is 5.32 Å². The molecule has 1 unspecified atom stereocenters. The zero-order chi connectivity index (χ0) is 19.5. The lowest BCUT2D eigenvalue weighted by Crippen LogP contribution is -2.45. The Hall–Kier alpha value is -2.32. The van der Waals surface area contributed by atoms with E-state index in [2.05, 4.69) is 15.5 Å². The van der Waals surface area contributed by atoms with Gasteiger partial charge < -0.3 is 15.0 Å². The number of piperidine rings is 1. The average Bonchev–Trinajstić information content (AvgIpc) is 3.40. The second kappa shape index (κ2) is 8.36. The molecule has 2 aliphatic heterocycles. The number of nitrogens with zero attached hydrogens (tertiary/aromatic N) is 3. The summed E-state index contributed by atoms with van der Waals surface area (Å²) in [6.07, 6.45) is 2.84. The highest BCUT2D eigenvalue weighted by molar-refractivity contribution is 7.14. The molecule has 1 atom stereocenters. The number of ether oxygens (including phenoxy) is 1. The van der Waals surface area contributed by atoms with Gasteiger partial charge in [-0.15, -0.1) is 10.2 Å². The van der Waals surface area contributed by atoms with E-state index in [9.17, 15) is 9.59 Å². The number of hydrogen-bond donors (Lipinski definition) is 1. The predicted molar refractivity (Wildman–Crippen MR) is 107 cm³/mol. The molecule has 0 aliphatic carbocycles. The second-order valence-electron chi connectivity index (χ2n) is 7.30. The number of hydrogen-bond acceptors (Lipinski definition) is 6. The smallest absolute Gasteiger partial charge is 0.251 e. The summed E-state index contributed by atoms with van der Waals surface area (Å²) in [7, 11) is 0. The van der Waals surface area contributed by atoms with Gasteiger partial charge in [0, 0.05) is 36.9 Å². The van der Waals surface area contributed by atoms with Gasteiger partial charge in [-0.3, -0.25) is 9.59 Å². The van der Waals surface area contributed by atoms with Crippen molar-refractivity contribution in [1.82, 2.24) is 15.1 Å². The molecule has 2 aromatic rings. The number of aromatic nitrogens is 2. The zero-order valence-corrected chi connectivity index (χ0v) is 16.7. The summed E-state index contributed by atoms with van der Waals surface area (Å²) in [6.45, 7) is 3.81. The fourth-order valence-corrected chi connectivity index (χ4v) is 4.41. The van der Waals surface area contributed by atoms with Gasteiger partial charge >= 0.3 is 0 Å². The molecule has 3 heterocycles. The first-order valence-electron chi connectivity index (χ1n) is 9.72. The van der Waals surface area contributed by atoms with Crippen LogP contribution in [0.1, 0.15) is 30.7 Å². The van der Waals surface area contributed by atoms with Gasteiger partial charge in [-0.25, -0.2) is 0 Å². The lowest BCUT2D eigenvalue weighted by Gasteiger charge is -2.32. The lowest BCUT2D eigenvalue weighted by molar-refractivity contribution is -0.143. The van der Waals surface area contributed by atoms with E-state index in [1.165, 1.54) is 11.3 Å². The largest absolute Gasteiger partial charge is 0.368 e. The van der Waals surface area contributed by atoms with Gasteiger partial charge in [0.05, 0.1) is 0 Å². The maximum absolute atomic E-state index is 12.7. The quantitative estimate of drug-likeness (QED) is 0.853. The Balaban J connectivity index is 1.33. The van der Waals surface area contributed by atoms with Gasteiger partial charge in [-0.05, 0) is 44.7 Å². The Morgan fingerprint density at radius 1 is 1.21 bits per heavy atom. The molecule has 4 rings (SSSR count). The summed E-state index contributed by atoms with van der Waals surface area (Å²) in [4.78, 5) is 27.0. The molecule has 0 radical (unpaired) electrons. The van der Waals surface area contributed by atoms with Gasteiger partial charge in [0.15, 0.2) is 0 Å². The van der Waals surface area contributed by atoms with Crippen LogP contribution in [0, 0.1) is 12.8 Å². The van der Waals surface area contributed by atoms with E-state index >= 15 is 0 Å². The van der Waals surface area contributed by atoms with E-state index in [1.807, 2.05) is 36.1 Å². The summed E-state index contributed by atoms with van der Waals surface area (Å²) in [6, 6.07) is 7.68. The van der Waals surface area contributed by atoms with Crippen molar-refractivity contribution >= 4 is 28.8 Å². The van der Waals surface area contributed by atoms with E-state index in [0.29, 0.717) is 32.5 Å². The van der Waals surface area contributed by atoms with E-state index in [1.54, 1.807) is 0 Å². The van der Waals surface area contributed by atoms with Crippen molar-refractivity contribution in [3.8, 4) is 10.6 Å². The highest BCUT2D eigenvalue weighted by Crippen LogP contribution is 2.27. The molecule has 2 amide bonds. The van der Waals surface area contributed by atoms with Crippen LogP contribution >= 0.6 is 11.3 Å². The van der Waals surface area contributed by atoms with Gasteiger partial charge in [0.2, 0.25) is 5.91 Å². The highest BCUT2D eigenvalue weighted by atomic mass is 32.1. The summed E-state index contributed by atoms with van der Waals surface area (Å²) >= 11 is 1.53. The van der Waals surface area contributed by atoms with Crippen molar-refractivity contribution in [2.75, 3.05) is 25.0 Å².